The third-order valence-corrected chi connectivity index (χ3v) is 4.97. The highest BCUT2D eigenvalue weighted by Gasteiger charge is 2.21. The largest absolute Gasteiger partial charge is 0.497 e. The number of hydrogen-bond acceptors (Lipinski definition) is 4. The minimum atomic E-state index is -0.0985. The number of likely N-dealkylation sites (tertiary alicyclic amines) is 1. The Balaban J connectivity index is 1.63. The van der Waals surface area contributed by atoms with Gasteiger partial charge in [-0.1, -0.05) is 24.3 Å². The molecule has 1 aliphatic rings. The number of methoxy groups -OCH3 is 2. The highest BCUT2D eigenvalue weighted by Crippen LogP contribution is 2.24. The summed E-state index contributed by atoms with van der Waals surface area (Å²) in [5, 5.41) is 2.97. The molecule has 1 heterocycles. The lowest BCUT2D eigenvalue weighted by molar-refractivity contribution is -0.128. The first-order valence-electron chi connectivity index (χ1n) is 9.43. The molecule has 1 fully saturated rings. The second-order valence-corrected chi connectivity index (χ2v) is 6.82. The van der Waals surface area contributed by atoms with Crippen LogP contribution in [0.1, 0.15) is 29.5 Å². The molecule has 0 aliphatic carbocycles. The van der Waals surface area contributed by atoms with Crippen LogP contribution in [0.3, 0.4) is 0 Å². The van der Waals surface area contributed by atoms with Crippen molar-refractivity contribution in [1.82, 2.24) is 10.2 Å². The quantitative estimate of drug-likeness (QED) is 0.762. The monoisotopic (exact) mass is 382 g/mol. The third-order valence-electron chi connectivity index (χ3n) is 4.97. The van der Waals surface area contributed by atoms with E-state index in [9.17, 15) is 9.59 Å². The fourth-order valence-electron chi connectivity index (χ4n) is 3.41. The average molecular weight is 382 g/mol. The van der Waals surface area contributed by atoms with Crippen LogP contribution in [0.15, 0.2) is 42.5 Å². The van der Waals surface area contributed by atoms with Crippen LogP contribution in [-0.2, 0) is 29.1 Å². The summed E-state index contributed by atoms with van der Waals surface area (Å²) in [5.41, 5.74) is 2.86. The number of ether oxygens (including phenoxy) is 2. The van der Waals surface area contributed by atoms with Crippen LogP contribution in [0.2, 0.25) is 0 Å². The maximum absolute atomic E-state index is 12.5. The Morgan fingerprint density at radius 3 is 2.54 bits per heavy atom. The molecule has 1 N–H and O–H groups in total. The molecule has 28 heavy (non-hydrogen) atoms. The van der Waals surface area contributed by atoms with E-state index in [0.717, 1.165) is 29.7 Å². The first kappa shape index (κ1) is 19.7. The van der Waals surface area contributed by atoms with Crippen LogP contribution in [0.5, 0.6) is 11.5 Å². The van der Waals surface area contributed by atoms with Gasteiger partial charge in [0, 0.05) is 31.6 Å². The molecule has 0 saturated carbocycles. The minimum Gasteiger partial charge on any atom is -0.497 e. The van der Waals surface area contributed by atoms with Crippen molar-refractivity contribution in [2.24, 2.45) is 0 Å². The summed E-state index contributed by atoms with van der Waals surface area (Å²) >= 11 is 0. The molecule has 0 aromatic heterocycles. The van der Waals surface area contributed by atoms with E-state index in [-0.39, 0.29) is 18.2 Å². The van der Waals surface area contributed by atoms with Crippen LogP contribution < -0.4 is 14.8 Å². The Hall–Kier alpha value is -3.02. The van der Waals surface area contributed by atoms with Gasteiger partial charge in [-0.15, -0.1) is 0 Å². The van der Waals surface area contributed by atoms with Crippen molar-refractivity contribution in [1.29, 1.82) is 0 Å². The molecule has 0 unspecified atom stereocenters. The molecule has 0 atom stereocenters. The maximum Gasteiger partial charge on any atom is 0.224 e. The number of rotatable bonds is 8. The zero-order valence-corrected chi connectivity index (χ0v) is 16.4. The number of hydrogen-bond donors (Lipinski definition) is 1. The molecule has 2 aromatic carbocycles. The minimum absolute atomic E-state index is 0.0985. The highest BCUT2D eigenvalue weighted by atomic mass is 16.5. The molecule has 0 radical (unpaired) electrons. The molecule has 6 heteroatoms. The second kappa shape index (κ2) is 9.26. The van der Waals surface area contributed by atoms with E-state index in [1.165, 1.54) is 0 Å². The zero-order valence-electron chi connectivity index (χ0n) is 16.4. The van der Waals surface area contributed by atoms with Gasteiger partial charge in [-0.2, -0.15) is 0 Å². The van der Waals surface area contributed by atoms with Gasteiger partial charge in [-0.25, -0.2) is 0 Å². The van der Waals surface area contributed by atoms with Crippen LogP contribution in [-0.4, -0.2) is 37.5 Å². The van der Waals surface area contributed by atoms with E-state index in [4.69, 9.17) is 9.47 Å². The fourth-order valence-corrected chi connectivity index (χ4v) is 3.41. The normalized spacial score (nSPS) is 13.5. The van der Waals surface area contributed by atoms with Crippen molar-refractivity contribution in [3.8, 4) is 11.5 Å². The van der Waals surface area contributed by atoms with Crippen LogP contribution in [0, 0.1) is 0 Å². The van der Waals surface area contributed by atoms with E-state index < -0.39 is 0 Å². The van der Waals surface area contributed by atoms with Gasteiger partial charge >= 0.3 is 0 Å². The van der Waals surface area contributed by atoms with Gasteiger partial charge in [-0.05, 0) is 35.7 Å². The summed E-state index contributed by atoms with van der Waals surface area (Å²) in [4.78, 5) is 26.3. The van der Waals surface area contributed by atoms with Gasteiger partial charge < -0.3 is 19.7 Å². The Labute approximate surface area is 165 Å². The van der Waals surface area contributed by atoms with E-state index in [2.05, 4.69) is 5.32 Å². The molecule has 1 saturated heterocycles. The molecule has 2 aromatic rings. The lowest BCUT2D eigenvalue weighted by atomic mass is 10.1. The summed E-state index contributed by atoms with van der Waals surface area (Å²) in [6, 6.07) is 13.3. The highest BCUT2D eigenvalue weighted by molar-refractivity contribution is 5.79. The van der Waals surface area contributed by atoms with Gasteiger partial charge in [0.2, 0.25) is 11.8 Å². The van der Waals surface area contributed by atoms with Crippen molar-refractivity contribution in [2.75, 3.05) is 20.8 Å². The number of nitrogens with zero attached hydrogens (tertiary/aromatic N) is 1. The summed E-state index contributed by atoms with van der Waals surface area (Å²) in [6.45, 7) is 1.81. The van der Waals surface area contributed by atoms with E-state index in [0.29, 0.717) is 31.0 Å². The SMILES string of the molecule is COc1ccc(OC)c(CC(=O)NCc2ccccc2CN2CCCC2=O)c1. The van der Waals surface area contributed by atoms with Crippen molar-refractivity contribution < 1.29 is 19.1 Å². The number of nitrogens with one attached hydrogen (secondary N) is 1. The number of carbonyl (C=O) groups excluding carboxylic acids is 2. The Morgan fingerprint density at radius 1 is 1.07 bits per heavy atom. The lowest BCUT2D eigenvalue weighted by Gasteiger charge is -2.18. The van der Waals surface area contributed by atoms with Gasteiger partial charge in [0.1, 0.15) is 11.5 Å². The zero-order chi connectivity index (χ0) is 19.9. The van der Waals surface area contributed by atoms with E-state index in [1.54, 1.807) is 26.4 Å². The Bertz CT molecular complexity index is 850. The number of benzene rings is 2. The van der Waals surface area contributed by atoms with Gasteiger partial charge in [0.25, 0.3) is 0 Å². The number of carbonyl (C=O) groups is 2. The van der Waals surface area contributed by atoms with Gasteiger partial charge in [0.05, 0.1) is 20.6 Å². The van der Waals surface area contributed by atoms with E-state index in [1.807, 2.05) is 35.2 Å². The van der Waals surface area contributed by atoms with Crippen LogP contribution in [0.25, 0.3) is 0 Å². The smallest absolute Gasteiger partial charge is 0.224 e. The molecular formula is C22H26N2O4. The molecule has 148 valence electrons. The summed E-state index contributed by atoms with van der Waals surface area (Å²) in [5.74, 6) is 1.44. The van der Waals surface area contributed by atoms with Crippen LogP contribution in [0.4, 0.5) is 0 Å². The predicted octanol–water partition coefficient (Wildman–Crippen LogP) is 2.69. The Morgan fingerprint density at radius 2 is 1.86 bits per heavy atom. The molecule has 2 amide bonds. The summed E-state index contributed by atoms with van der Waals surface area (Å²) in [7, 11) is 3.17. The van der Waals surface area contributed by atoms with E-state index >= 15 is 0 Å². The molecule has 0 spiro atoms. The summed E-state index contributed by atoms with van der Waals surface area (Å²) in [6.07, 6.45) is 1.74. The molecule has 1 aliphatic heterocycles. The average Bonchev–Trinajstić information content (AvgIpc) is 3.11. The van der Waals surface area contributed by atoms with Crippen molar-refractivity contribution in [2.45, 2.75) is 32.4 Å². The maximum atomic E-state index is 12.5. The van der Waals surface area contributed by atoms with Crippen molar-refractivity contribution in [3.63, 3.8) is 0 Å². The van der Waals surface area contributed by atoms with Crippen molar-refractivity contribution in [3.05, 3.63) is 59.2 Å². The third kappa shape index (κ3) is 4.82. The topological polar surface area (TPSA) is 67.9 Å². The first-order chi connectivity index (χ1) is 13.6. The molecule has 6 nitrogen and oxygen atoms in total. The van der Waals surface area contributed by atoms with Crippen molar-refractivity contribution >= 4 is 11.8 Å². The van der Waals surface area contributed by atoms with Gasteiger partial charge in [0.15, 0.2) is 0 Å². The van der Waals surface area contributed by atoms with Crippen LogP contribution >= 0.6 is 0 Å². The molecular weight excluding hydrogens is 356 g/mol. The fraction of sp³-hybridized carbons (Fsp3) is 0.364. The molecule has 0 bridgehead atoms. The second-order valence-electron chi connectivity index (χ2n) is 6.82. The van der Waals surface area contributed by atoms with Gasteiger partial charge in [-0.3, -0.25) is 9.59 Å². The number of amides is 2. The Kier molecular flexibility index (Phi) is 6.53. The standard InChI is InChI=1S/C22H26N2O4/c1-27-19-9-10-20(28-2)18(12-19)13-21(25)23-14-16-6-3-4-7-17(16)15-24-11-5-8-22(24)26/h3-4,6-7,9-10,12H,5,8,11,13-15H2,1-2H3,(H,23,25). The predicted molar refractivity (Wildman–Crippen MR) is 106 cm³/mol. The first-order valence-corrected chi connectivity index (χ1v) is 9.43. The summed E-state index contributed by atoms with van der Waals surface area (Å²) < 4.78 is 10.6. The lowest BCUT2D eigenvalue weighted by Crippen LogP contribution is -2.27. The molecule has 3 rings (SSSR count).